The van der Waals surface area contributed by atoms with Crippen molar-refractivity contribution in [2.75, 3.05) is 13.2 Å². The van der Waals surface area contributed by atoms with Gasteiger partial charge in [-0.3, -0.25) is 14.8 Å². The molecule has 1 saturated heterocycles. The first-order chi connectivity index (χ1) is 17.9. The zero-order valence-electron chi connectivity index (χ0n) is 20.3. The maximum Gasteiger partial charge on any atom is 0.184 e. The number of nitrogens with zero attached hydrogens (tertiary/aromatic N) is 2. The van der Waals surface area contributed by atoms with Crippen molar-refractivity contribution in [3.05, 3.63) is 94.3 Å². The Kier molecular flexibility index (Phi) is 9.02. The molecule has 3 aromatic rings. The number of ether oxygens (including phenoxy) is 2. The van der Waals surface area contributed by atoms with Crippen LogP contribution < -0.4 is 4.74 Å². The molecule has 4 rings (SSSR count). The Morgan fingerprint density at radius 1 is 1.05 bits per heavy atom. The van der Waals surface area contributed by atoms with E-state index in [9.17, 15) is 20.1 Å². The van der Waals surface area contributed by atoms with E-state index in [0.717, 1.165) is 16.9 Å². The molecule has 0 saturated carbocycles. The Hall–Kier alpha value is -3.14. The summed E-state index contributed by atoms with van der Waals surface area (Å²) in [4.78, 5) is 20.3. The summed E-state index contributed by atoms with van der Waals surface area (Å²) in [5, 5.41) is 32.2. The molecule has 1 aromatic heterocycles. The first kappa shape index (κ1) is 26.9. The molecule has 1 aliphatic rings. The quantitative estimate of drug-likeness (QED) is 0.290. The van der Waals surface area contributed by atoms with Crippen molar-refractivity contribution in [2.45, 2.75) is 43.9 Å². The molecule has 8 nitrogen and oxygen atoms in total. The molecule has 0 aliphatic carbocycles. The van der Waals surface area contributed by atoms with Crippen LogP contribution in [0.15, 0.2) is 72.0 Å². The van der Waals surface area contributed by atoms with Crippen LogP contribution in [0.3, 0.4) is 0 Å². The van der Waals surface area contributed by atoms with Crippen LogP contribution in [-0.2, 0) is 11.2 Å². The maximum absolute atomic E-state index is 12.3. The number of aliphatic hydroxyl groups excluding tert-OH is 3. The topological polar surface area (TPSA) is 121 Å². The van der Waals surface area contributed by atoms with Crippen LogP contribution in [0.2, 0.25) is 5.02 Å². The molecule has 0 radical (unpaired) electrons. The molecule has 0 amide bonds. The average Bonchev–Trinajstić information content (AvgIpc) is 2.91. The summed E-state index contributed by atoms with van der Waals surface area (Å²) in [5.74, 6) is 0.560. The summed E-state index contributed by atoms with van der Waals surface area (Å²) in [6, 6.07) is 16.1. The summed E-state index contributed by atoms with van der Waals surface area (Å²) in [5.41, 5.74) is 2.89. The van der Waals surface area contributed by atoms with Crippen LogP contribution in [0.25, 0.3) is 0 Å². The van der Waals surface area contributed by atoms with E-state index in [1.807, 2.05) is 37.3 Å². The van der Waals surface area contributed by atoms with Gasteiger partial charge in [0.25, 0.3) is 0 Å². The highest BCUT2D eigenvalue weighted by atomic mass is 35.5. The fraction of sp³-hybridized carbons (Fsp3) is 0.321. The summed E-state index contributed by atoms with van der Waals surface area (Å²) >= 11 is 6.46. The Bertz CT molecular complexity index is 1220. The number of carbonyl (C=O) groups excluding carboxylic acids is 1. The number of ketones is 1. The number of rotatable bonds is 9. The number of aromatic nitrogens is 1. The lowest BCUT2D eigenvalue weighted by atomic mass is 9.90. The van der Waals surface area contributed by atoms with E-state index in [2.05, 4.69) is 9.98 Å². The van der Waals surface area contributed by atoms with E-state index >= 15 is 0 Å². The third-order valence-electron chi connectivity index (χ3n) is 6.17. The maximum atomic E-state index is 12.3. The van der Waals surface area contributed by atoms with Gasteiger partial charge >= 0.3 is 0 Å². The Morgan fingerprint density at radius 3 is 2.49 bits per heavy atom. The van der Waals surface area contributed by atoms with Gasteiger partial charge in [-0.25, -0.2) is 0 Å². The second kappa shape index (κ2) is 12.4. The zero-order chi connectivity index (χ0) is 26.4. The minimum absolute atomic E-state index is 0.160. The highest BCUT2D eigenvalue weighted by molar-refractivity contribution is 6.31. The second-order valence-corrected chi connectivity index (χ2v) is 9.15. The van der Waals surface area contributed by atoms with Gasteiger partial charge in [0.05, 0.1) is 6.61 Å². The molecule has 0 bridgehead atoms. The van der Waals surface area contributed by atoms with E-state index in [-0.39, 0.29) is 12.3 Å². The van der Waals surface area contributed by atoms with Gasteiger partial charge in [0, 0.05) is 29.2 Å². The zero-order valence-corrected chi connectivity index (χ0v) is 21.0. The number of pyridine rings is 1. The van der Waals surface area contributed by atoms with Crippen molar-refractivity contribution in [2.24, 2.45) is 4.99 Å². The van der Waals surface area contributed by atoms with Crippen molar-refractivity contribution in [3.63, 3.8) is 0 Å². The number of Topliss-reactive ketones (excluding diaryl/α,β-unsaturated/α-hetero) is 1. The van der Waals surface area contributed by atoms with Gasteiger partial charge in [-0.1, -0.05) is 35.9 Å². The Morgan fingerprint density at radius 2 is 1.78 bits per heavy atom. The Balaban J connectivity index is 1.49. The number of hydrogen-bond acceptors (Lipinski definition) is 8. The molecular formula is C28H29ClN2O6. The van der Waals surface area contributed by atoms with Crippen LogP contribution in [0.1, 0.15) is 40.1 Å². The molecule has 1 fully saturated rings. The molecule has 0 unspecified atom stereocenters. The van der Waals surface area contributed by atoms with Gasteiger partial charge in [-0.15, -0.1) is 0 Å². The highest BCUT2D eigenvalue weighted by Gasteiger charge is 2.43. The fourth-order valence-corrected chi connectivity index (χ4v) is 4.35. The van der Waals surface area contributed by atoms with Crippen LogP contribution in [0.4, 0.5) is 0 Å². The third-order valence-corrected chi connectivity index (χ3v) is 6.54. The van der Waals surface area contributed by atoms with E-state index in [0.29, 0.717) is 29.2 Å². The van der Waals surface area contributed by atoms with Crippen LogP contribution in [-0.4, -0.2) is 69.9 Å². The van der Waals surface area contributed by atoms with Crippen molar-refractivity contribution >= 4 is 23.6 Å². The van der Waals surface area contributed by atoms with E-state index < -0.39 is 30.5 Å². The van der Waals surface area contributed by atoms with Crippen molar-refractivity contribution in [1.82, 2.24) is 4.98 Å². The first-order valence-electron chi connectivity index (χ1n) is 12.0. The molecule has 194 valence electrons. The second-order valence-electron chi connectivity index (χ2n) is 8.75. The summed E-state index contributed by atoms with van der Waals surface area (Å²) in [7, 11) is 0. The molecule has 2 aromatic carbocycles. The van der Waals surface area contributed by atoms with Crippen LogP contribution >= 0.6 is 11.6 Å². The van der Waals surface area contributed by atoms with Crippen molar-refractivity contribution < 1.29 is 29.6 Å². The van der Waals surface area contributed by atoms with E-state index in [1.54, 1.807) is 24.3 Å². The first-order valence-corrected chi connectivity index (χ1v) is 12.4. The molecule has 1 aliphatic heterocycles. The van der Waals surface area contributed by atoms with Crippen molar-refractivity contribution in [1.29, 1.82) is 0 Å². The minimum Gasteiger partial charge on any atom is -0.494 e. The third kappa shape index (κ3) is 6.60. The monoisotopic (exact) mass is 524 g/mol. The molecule has 9 heteroatoms. The van der Waals surface area contributed by atoms with E-state index in [4.69, 9.17) is 21.1 Å². The summed E-state index contributed by atoms with van der Waals surface area (Å²) in [6.07, 6.45) is -1.37. The number of hydrogen-bond donors (Lipinski definition) is 3. The fourth-order valence-electron chi connectivity index (χ4n) is 4.17. The smallest absolute Gasteiger partial charge is 0.184 e. The van der Waals surface area contributed by atoms with Crippen LogP contribution in [0, 0.1) is 0 Å². The standard InChI is InChI=1S/C28H29ClN2O6/c1-2-36-21-6-3-17(4-7-21)13-20-14-19(5-8-22(20)29)28-27(35)26(34)25(33)24(37-28)16-31-15-23(32)18-9-11-30-12-10-18/h3-12,14,16,24-28,33-35H,2,13,15H2,1H3/t24-,25-,26+,27-,28+/m1/s1. The summed E-state index contributed by atoms with van der Waals surface area (Å²) in [6.45, 7) is 2.35. The molecule has 37 heavy (non-hydrogen) atoms. The number of aliphatic imine (C=N–C) groups is 1. The molecular weight excluding hydrogens is 496 g/mol. The predicted octanol–water partition coefficient (Wildman–Crippen LogP) is 3.20. The van der Waals surface area contributed by atoms with Gasteiger partial charge in [-0.2, -0.15) is 0 Å². The predicted molar refractivity (Wildman–Crippen MR) is 139 cm³/mol. The lowest BCUT2D eigenvalue weighted by molar-refractivity contribution is -0.205. The number of carbonyl (C=O) groups is 1. The highest BCUT2D eigenvalue weighted by Crippen LogP contribution is 2.34. The Labute approximate surface area is 220 Å². The SMILES string of the molecule is CCOc1ccc(Cc2cc([C@@H]3O[C@H](C=NCC(=O)c4ccncc4)[C@@H](O)[C@H](O)[C@H]3O)ccc2Cl)cc1. The van der Waals surface area contributed by atoms with Gasteiger partial charge in [-0.05, 0) is 60.4 Å². The number of halogens is 1. The van der Waals surface area contributed by atoms with Gasteiger partial charge < -0.3 is 24.8 Å². The number of benzene rings is 2. The molecule has 0 spiro atoms. The normalized spacial score (nSPS) is 23.8. The van der Waals surface area contributed by atoms with Gasteiger partial charge in [0.2, 0.25) is 0 Å². The minimum atomic E-state index is -1.48. The average molecular weight is 525 g/mol. The van der Waals surface area contributed by atoms with Gasteiger partial charge in [0.15, 0.2) is 5.78 Å². The summed E-state index contributed by atoms with van der Waals surface area (Å²) < 4.78 is 11.4. The molecule has 3 N–H and O–H groups in total. The van der Waals surface area contributed by atoms with E-state index in [1.165, 1.54) is 18.6 Å². The van der Waals surface area contributed by atoms with Crippen LogP contribution in [0.5, 0.6) is 5.75 Å². The molecule has 2 heterocycles. The lowest BCUT2D eigenvalue weighted by Crippen LogP contribution is -2.54. The largest absolute Gasteiger partial charge is 0.494 e. The van der Waals surface area contributed by atoms with Gasteiger partial charge in [0.1, 0.15) is 42.8 Å². The van der Waals surface area contributed by atoms with Crippen molar-refractivity contribution in [3.8, 4) is 5.75 Å². The number of aliphatic hydroxyl groups is 3. The lowest BCUT2D eigenvalue weighted by Gasteiger charge is -2.39. The molecule has 5 atom stereocenters.